The lowest BCUT2D eigenvalue weighted by atomic mass is 10.3. The minimum absolute atomic E-state index is 0.0840. The topological polar surface area (TPSA) is 78.4 Å². The molecule has 0 unspecified atom stereocenters. The van der Waals surface area contributed by atoms with Crippen LogP contribution in [0.15, 0.2) is 0 Å². The van der Waals surface area contributed by atoms with Gasteiger partial charge in [0.15, 0.2) is 0 Å². The van der Waals surface area contributed by atoms with E-state index in [1.54, 1.807) is 11.8 Å². The zero-order chi connectivity index (χ0) is 11.7. The van der Waals surface area contributed by atoms with Crippen LogP contribution in [0, 0.1) is 0 Å². The van der Waals surface area contributed by atoms with Gasteiger partial charge in [-0.1, -0.05) is 0 Å². The minimum atomic E-state index is -0.840. The first-order valence-corrected chi connectivity index (χ1v) is 6.20. The van der Waals surface area contributed by atoms with Crippen LogP contribution < -0.4 is 10.6 Å². The molecular weight excluding hydrogens is 216 g/mol. The van der Waals surface area contributed by atoms with E-state index in [0.717, 1.165) is 5.75 Å². The number of carbonyl (C=O) groups is 2. The van der Waals surface area contributed by atoms with Gasteiger partial charge in [0, 0.05) is 24.8 Å². The van der Waals surface area contributed by atoms with E-state index in [1.807, 2.05) is 13.2 Å². The molecule has 5 nitrogen and oxygen atoms in total. The highest BCUT2D eigenvalue weighted by atomic mass is 32.2. The molecule has 0 heterocycles. The molecular formula is C9H18N2O3S. The molecule has 0 radical (unpaired) electrons. The van der Waals surface area contributed by atoms with E-state index < -0.39 is 5.97 Å². The summed E-state index contributed by atoms with van der Waals surface area (Å²) >= 11 is 1.66. The zero-order valence-corrected chi connectivity index (χ0v) is 9.89. The van der Waals surface area contributed by atoms with Gasteiger partial charge < -0.3 is 15.7 Å². The van der Waals surface area contributed by atoms with Crippen LogP contribution in [-0.2, 0) is 4.79 Å². The van der Waals surface area contributed by atoms with Crippen LogP contribution in [0.3, 0.4) is 0 Å². The fraction of sp³-hybridized carbons (Fsp3) is 0.778. The molecule has 0 aliphatic heterocycles. The van der Waals surface area contributed by atoms with E-state index in [4.69, 9.17) is 5.11 Å². The van der Waals surface area contributed by atoms with Crippen LogP contribution in [0.1, 0.15) is 19.8 Å². The Hall–Kier alpha value is -0.910. The molecule has 0 aromatic rings. The average molecular weight is 234 g/mol. The molecule has 0 spiro atoms. The molecule has 0 aliphatic rings. The van der Waals surface area contributed by atoms with Crippen molar-refractivity contribution in [2.75, 3.05) is 18.6 Å². The van der Waals surface area contributed by atoms with Crippen molar-refractivity contribution < 1.29 is 14.7 Å². The van der Waals surface area contributed by atoms with Crippen molar-refractivity contribution in [3.05, 3.63) is 0 Å². The third kappa shape index (κ3) is 9.40. The molecule has 15 heavy (non-hydrogen) atoms. The van der Waals surface area contributed by atoms with Gasteiger partial charge in [-0.25, -0.2) is 4.79 Å². The normalized spacial score (nSPS) is 11.9. The Labute approximate surface area is 94.0 Å². The van der Waals surface area contributed by atoms with Crippen LogP contribution in [0.2, 0.25) is 0 Å². The fourth-order valence-corrected chi connectivity index (χ4v) is 1.59. The summed E-state index contributed by atoms with van der Waals surface area (Å²) in [4.78, 5) is 21.4. The monoisotopic (exact) mass is 234 g/mol. The summed E-state index contributed by atoms with van der Waals surface area (Å²) in [5, 5.41) is 13.7. The molecule has 0 fully saturated rings. The molecule has 1 atom stereocenters. The summed E-state index contributed by atoms with van der Waals surface area (Å²) in [5.74, 6) is 0.0238. The third-order valence-corrected chi connectivity index (χ3v) is 2.48. The smallest absolute Gasteiger partial charge is 0.315 e. The maximum absolute atomic E-state index is 11.2. The van der Waals surface area contributed by atoms with Crippen LogP contribution in [0.5, 0.6) is 0 Å². The molecule has 0 saturated carbocycles. The third-order valence-electron chi connectivity index (χ3n) is 1.65. The van der Waals surface area contributed by atoms with Crippen LogP contribution in [-0.4, -0.2) is 41.7 Å². The number of amides is 2. The van der Waals surface area contributed by atoms with E-state index in [-0.39, 0.29) is 18.5 Å². The number of nitrogens with one attached hydrogen (secondary N) is 2. The molecule has 0 aliphatic carbocycles. The van der Waals surface area contributed by atoms with E-state index in [1.165, 1.54) is 0 Å². The van der Waals surface area contributed by atoms with Gasteiger partial charge >= 0.3 is 12.0 Å². The largest absolute Gasteiger partial charge is 0.481 e. The number of hydrogen-bond acceptors (Lipinski definition) is 3. The number of carboxylic acid groups (broad SMARTS) is 1. The molecule has 0 aromatic heterocycles. The van der Waals surface area contributed by atoms with Gasteiger partial charge in [0.25, 0.3) is 0 Å². The lowest BCUT2D eigenvalue weighted by Crippen LogP contribution is -2.42. The van der Waals surface area contributed by atoms with Gasteiger partial charge in [-0.05, 0) is 19.6 Å². The highest BCUT2D eigenvalue weighted by molar-refractivity contribution is 7.98. The summed E-state index contributed by atoms with van der Waals surface area (Å²) in [7, 11) is 0. The van der Waals surface area contributed by atoms with Crippen molar-refractivity contribution in [3.63, 3.8) is 0 Å². The van der Waals surface area contributed by atoms with Crippen LogP contribution >= 0.6 is 11.8 Å². The lowest BCUT2D eigenvalue weighted by molar-refractivity contribution is -0.137. The standard InChI is InChI=1S/C9H18N2O3S/c1-7(6-15-2)11-9(14)10-5-3-4-8(12)13/h7H,3-6H2,1-2H3,(H,12,13)(H2,10,11,14)/t7-/m1/s1. The number of thioether (sulfide) groups is 1. The second kappa shape index (κ2) is 8.40. The van der Waals surface area contributed by atoms with E-state index in [9.17, 15) is 9.59 Å². The quantitative estimate of drug-likeness (QED) is 0.572. The Morgan fingerprint density at radius 1 is 1.47 bits per heavy atom. The van der Waals surface area contributed by atoms with Gasteiger partial charge in [-0.15, -0.1) is 0 Å². The zero-order valence-electron chi connectivity index (χ0n) is 9.08. The van der Waals surface area contributed by atoms with Crippen molar-refractivity contribution in [1.82, 2.24) is 10.6 Å². The average Bonchev–Trinajstić information content (AvgIpc) is 2.12. The van der Waals surface area contributed by atoms with Gasteiger partial charge in [0.05, 0.1) is 0 Å². The van der Waals surface area contributed by atoms with Gasteiger partial charge in [0.2, 0.25) is 0 Å². The van der Waals surface area contributed by atoms with Gasteiger partial charge in [-0.2, -0.15) is 11.8 Å². The number of rotatable bonds is 7. The molecule has 3 N–H and O–H groups in total. The fourth-order valence-electron chi connectivity index (χ4n) is 1.01. The SMILES string of the molecule is CSC[C@@H](C)NC(=O)NCCCC(=O)O. The first-order valence-electron chi connectivity index (χ1n) is 4.81. The molecule has 88 valence electrons. The summed E-state index contributed by atoms with van der Waals surface area (Å²) in [6.45, 7) is 2.32. The van der Waals surface area contributed by atoms with E-state index >= 15 is 0 Å². The molecule has 0 aromatic carbocycles. The molecule has 0 bridgehead atoms. The predicted octanol–water partition coefficient (Wildman–Crippen LogP) is 0.902. The maximum atomic E-state index is 11.2. The number of hydrogen-bond donors (Lipinski definition) is 3. The molecule has 6 heteroatoms. The van der Waals surface area contributed by atoms with Gasteiger partial charge in [-0.3, -0.25) is 4.79 Å². The van der Waals surface area contributed by atoms with E-state index in [2.05, 4.69) is 10.6 Å². The number of carbonyl (C=O) groups excluding carboxylic acids is 1. The molecule has 0 rings (SSSR count). The van der Waals surface area contributed by atoms with Crippen molar-refractivity contribution in [2.45, 2.75) is 25.8 Å². The second-order valence-electron chi connectivity index (χ2n) is 3.25. The minimum Gasteiger partial charge on any atom is -0.481 e. The number of aliphatic carboxylic acids is 1. The van der Waals surface area contributed by atoms with Crippen molar-refractivity contribution >= 4 is 23.8 Å². The van der Waals surface area contributed by atoms with Crippen molar-refractivity contribution in [3.8, 4) is 0 Å². The number of urea groups is 1. The Bertz CT molecular complexity index is 212. The van der Waals surface area contributed by atoms with Crippen molar-refractivity contribution in [1.29, 1.82) is 0 Å². The second-order valence-corrected chi connectivity index (χ2v) is 4.16. The Morgan fingerprint density at radius 2 is 2.13 bits per heavy atom. The number of carboxylic acids is 1. The summed E-state index contributed by atoms with van der Waals surface area (Å²) in [6.07, 6.45) is 2.52. The Morgan fingerprint density at radius 3 is 2.67 bits per heavy atom. The Kier molecular flexibility index (Phi) is 7.89. The van der Waals surface area contributed by atoms with Crippen LogP contribution in [0.4, 0.5) is 4.79 Å². The first-order chi connectivity index (χ1) is 7.06. The summed E-state index contributed by atoms with van der Waals surface area (Å²) < 4.78 is 0. The summed E-state index contributed by atoms with van der Waals surface area (Å²) in [5.41, 5.74) is 0. The van der Waals surface area contributed by atoms with Gasteiger partial charge in [0.1, 0.15) is 0 Å². The van der Waals surface area contributed by atoms with Crippen LogP contribution in [0.25, 0.3) is 0 Å². The first kappa shape index (κ1) is 14.1. The maximum Gasteiger partial charge on any atom is 0.315 e. The highest BCUT2D eigenvalue weighted by Crippen LogP contribution is 1.95. The predicted molar refractivity (Wildman–Crippen MR) is 61.2 cm³/mol. The Balaban J connectivity index is 3.44. The molecule has 0 saturated heterocycles. The lowest BCUT2D eigenvalue weighted by Gasteiger charge is -2.12. The summed E-state index contributed by atoms with van der Waals surface area (Å²) in [6, 6.07) is -0.110. The van der Waals surface area contributed by atoms with E-state index in [0.29, 0.717) is 13.0 Å². The molecule has 2 amide bonds. The highest BCUT2D eigenvalue weighted by Gasteiger charge is 2.05. The van der Waals surface area contributed by atoms with Crippen molar-refractivity contribution in [2.24, 2.45) is 0 Å².